The molecule has 6 rings (SSSR count). The van der Waals surface area contributed by atoms with Gasteiger partial charge in [0, 0.05) is 16.8 Å². The van der Waals surface area contributed by atoms with Gasteiger partial charge in [-0.05, 0) is 59.2 Å². The van der Waals surface area contributed by atoms with Crippen LogP contribution in [0.1, 0.15) is 46.1 Å². The Hall–Kier alpha value is -3.36. The molecule has 2 bridgehead atoms. The fourth-order valence-corrected chi connectivity index (χ4v) is 6.37. The molecule has 4 nitrogen and oxygen atoms in total. The zero-order valence-corrected chi connectivity index (χ0v) is 18.3. The summed E-state index contributed by atoms with van der Waals surface area (Å²) in [5.41, 5.74) is 6.20. The molecule has 1 saturated heterocycles. The number of ether oxygens (including phenoxy) is 1. The lowest BCUT2D eigenvalue weighted by atomic mass is 9.98. The van der Waals surface area contributed by atoms with E-state index in [9.17, 15) is 4.79 Å². The fourth-order valence-electron chi connectivity index (χ4n) is 5.54. The van der Waals surface area contributed by atoms with Gasteiger partial charge in [-0.15, -0.1) is 11.3 Å². The maximum Gasteiger partial charge on any atom is 0.410 e. The molecule has 0 saturated carbocycles. The molecule has 1 amide bonds. The molecule has 158 valence electrons. The minimum Gasteiger partial charge on any atom is -0.448 e. The molecule has 3 aromatic rings. The predicted octanol–water partition coefficient (Wildman–Crippen LogP) is 6.19. The van der Waals surface area contributed by atoms with E-state index in [0.717, 1.165) is 29.0 Å². The number of amides is 1. The number of nitriles is 1. The van der Waals surface area contributed by atoms with Crippen LogP contribution < -0.4 is 0 Å². The van der Waals surface area contributed by atoms with E-state index >= 15 is 0 Å². The molecule has 2 aromatic carbocycles. The highest BCUT2D eigenvalue weighted by molar-refractivity contribution is 7.13. The minimum atomic E-state index is -0.210. The maximum atomic E-state index is 13.2. The summed E-state index contributed by atoms with van der Waals surface area (Å²) in [4.78, 5) is 17.0. The molecule has 0 N–H and O–H groups in total. The van der Waals surface area contributed by atoms with Crippen molar-refractivity contribution < 1.29 is 9.53 Å². The Labute approximate surface area is 191 Å². The van der Waals surface area contributed by atoms with E-state index in [1.165, 1.54) is 39.2 Å². The van der Waals surface area contributed by atoms with Gasteiger partial charge in [-0.2, -0.15) is 5.26 Å². The molecule has 3 heterocycles. The normalized spacial score (nSPS) is 21.0. The van der Waals surface area contributed by atoms with Gasteiger partial charge in [0.2, 0.25) is 0 Å². The summed E-state index contributed by atoms with van der Waals surface area (Å²) in [6.07, 6.45) is 4.78. The van der Waals surface area contributed by atoms with Crippen molar-refractivity contribution in [1.29, 1.82) is 5.26 Å². The van der Waals surface area contributed by atoms with Crippen LogP contribution in [0.25, 0.3) is 16.7 Å². The van der Waals surface area contributed by atoms with Crippen molar-refractivity contribution in [2.45, 2.75) is 37.3 Å². The van der Waals surface area contributed by atoms with Crippen LogP contribution in [0.15, 0.2) is 66.7 Å². The Morgan fingerprint density at radius 2 is 1.75 bits per heavy atom. The first-order valence-corrected chi connectivity index (χ1v) is 11.9. The van der Waals surface area contributed by atoms with Crippen molar-refractivity contribution in [3.63, 3.8) is 0 Å². The van der Waals surface area contributed by atoms with Crippen LogP contribution in [0, 0.1) is 11.3 Å². The maximum absolute atomic E-state index is 13.2. The van der Waals surface area contributed by atoms with E-state index in [2.05, 4.69) is 60.7 Å². The molecule has 1 aromatic heterocycles. The van der Waals surface area contributed by atoms with Gasteiger partial charge in [0.25, 0.3) is 0 Å². The Morgan fingerprint density at radius 1 is 1.03 bits per heavy atom. The van der Waals surface area contributed by atoms with Gasteiger partial charge in [-0.25, -0.2) is 4.79 Å². The lowest BCUT2D eigenvalue weighted by Crippen LogP contribution is -2.43. The van der Waals surface area contributed by atoms with E-state index in [-0.39, 0.29) is 24.1 Å². The lowest BCUT2D eigenvalue weighted by Gasteiger charge is -2.33. The van der Waals surface area contributed by atoms with Crippen LogP contribution in [-0.4, -0.2) is 29.7 Å². The van der Waals surface area contributed by atoms with Gasteiger partial charge in [0.05, 0.1) is 6.04 Å². The SMILES string of the molecule is N#Cc1ccc(C2=CC3CCC(C2)N3C(=O)OCC2c3ccccc3-c3ccccc32)s1. The molecule has 2 aliphatic heterocycles. The first-order chi connectivity index (χ1) is 15.7. The third-order valence-corrected chi connectivity index (χ3v) is 8.04. The number of hydrogen-bond acceptors (Lipinski definition) is 4. The molecule has 3 aliphatic rings. The van der Waals surface area contributed by atoms with Crippen molar-refractivity contribution in [3.8, 4) is 17.2 Å². The number of rotatable bonds is 3. The number of carbonyl (C=O) groups excluding carboxylic acids is 1. The Morgan fingerprint density at radius 3 is 2.41 bits per heavy atom. The number of nitrogens with zero attached hydrogens (tertiary/aromatic N) is 2. The summed E-state index contributed by atoms with van der Waals surface area (Å²) in [7, 11) is 0. The zero-order chi connectivity index (χ0) is 21.7. The van der Waals surface area contributed by atoms with E-state index in [1.807, 2.05) is 17.0 Å². The second-order valence-corrected chi connectivity index (χ2v) is 9.77. The van der Waals surface area contributed by atoms with Gasteiger partial charge in [-0.1, -0.05) is 54.6 Å². The summed E-state index contributed by atoms with van der Waals surface area (Å²) in [6, 6.07) is 23.2. The third-order valence-electron chi connectivity index (χ3n) is 6.98. The second kappa shape index (κ2) is 7.65. The third kappa shape index (κ3) is 3.06. The van der Waals surface area contributed by atoms with Crippen molar-refractivity contribution in [2.75, 3.05) is 6.61 Å². The summed E-state index contributed by atoms with van der Waals surface area (Å²) < 4.78 is 5.94. The lowest BCUT2D eigenvalue weighted by molar-refractivity contribution is 0.0867. The van der Waals surface area contributed by atoms with E-state index in [4.69, 9.17) is 10.00 Å². The minimum absolute atomic E-state index is 0.0760. The van der Waals surface area contributed by atoms with E-state index in [1.54, 1.807) is 0 Å². The second-order valence-electron chi connectivity index (χ2n) is 8.68. The summed E-state index contributed by atoms with van der Waals surface area (Å²) in [6.45, 7) is 0.357. The Balaban J connectivity index is 1.20. The molecule has 0 radical (unpaired) electrons. The van der Waals surface area contributed by atoms with Crippen molar-refractivity contribution in [2.24, 2.45) is 0 Å². The molecule has 2 unspecified atom stereocenters. The first-order valence-electron chi connectivity index (χ1n) is 11.1. The van der Waals surface area contributed by atoms with Crippen LogP contribution in [0.2, 0.25) is 0 Å². The van der Waals surface area contributed by atoms with Crippen LogP contribution in [-0.2, 0) is 4.74 Å². The van der Waals surface area contributed by atoms with Crippen LogP contribution in [0.4, 0.5) is 4.79 Å². The number of thiophene rings is 1. The van der Waals surface area contributed by atoms with Crippen LogP contribution in [0.3, 0.4) is 0 Å². The topological polar surface area (TPSA) is 53.3 Å². The molecule has 0 spiro atoms. The largest absolute Gasteiger partial charge is 0.448 e. The average Bonchev–Trinajstić information content (AvgIpc) is 3.51. The van der Waals surface area contributed by atoms with E-state index in [0.29, 0.717) is 6.61 Å². The highest BCUT2D eigenvalue weighted by atomic mass is 32.1. The Bertz CT molecular complexity index is 1240. The van der Waals surface area contributed by atoms with Crippen molar-refractivity contribution >= 4 is 23.0 Å². The smallest absolute Gasteiger partial charge is 0.410 e. The molecular weight excluding hydrogens is 416 g/mol. The number of benzene rings is 2. The van der Waals surface area contributed by atoms with Crippen molar-refractivity contribution in [1.82, 2.24) is 4.90 Å². The molecule has 2 atom stereocenters. The number of fused-ring (bicyclic) bond motifs is 5. The average molecular weight is 439 g/mol. The Kier molecular flexibility index (Phi) is 4.62. The monoisotopic (exact) mass is 438 g/mol. The summed E-state index contributed by atoms with van der Waals surface area (Å²) >= 11 is 1.53. The highest BCUT2D eigenvalue weighted by Crippen LogP contribution is 2.45. The first kappa shape index (κ1) is 19.3. The van der Waals surface area contributed by atoms with Gasteiger partial charge < -0.3 is 4.74 Å². The molecular formula is C27H22N2O2S. The van der Waals surface area contributed by atoms with Crippen LogP contribution >= 0.6 is 11.3 Å². The van der Waals surface area contributed by atoms with Gasteiger partial charge in [0.1, 0.15) is 17.6 Å². The molecule has 5 heteroatoms. The summed E-state index contributed by atoms with van der Waals surface area (Å²) in [5.74, 6) is 0.0791. The molecule has 32 heavy (non-hydrogen) atoms. The van der Waals surface area contributed by atoms with Gasteiger partial charge in [0.15, 0.2) is 0 Å². The fraction of sp³-hybridized carbons (Fsp3) is 0.259. The number of carbonyl (C=O) groups is 1. The standard InChI is InChI=1S/C27H22N2O2S/c28-15-20-11-12-26(32-20)17-13-18-9-10-19(14-17)29(18)27(30)31-16-25-23-7-3-1-5-21(23)22-6-2-4-8-24(22)25/h1-8,11-13,18-19,25H,9-10,14,16H2. The quantitative estimate of drug-likeness (QED) is 0.490. The summed E-state index contributed by atoms with van der Waals surface area (Å²) in [5, 5.41) is 9.12. The van der Waals surface area contributed by atoms with E-state index < -0.39 is 0 Å². The zero-order valence-electron chi connectivity index (χ0n) is 17.5. The predicted molar refractivity (Wildman–Crippen MR) is 125 cm³/mol. The molecule has 1 fully saturated rings. The molecule has 1 aliphatic carbocycles. The van der Waals surface area contributed by atoms with Crippen LogP contribution in [0.5, 0.6) is 0 Å². The number of hydrogen-bond donors (Lipinski definition) is 0. The van der Waals surface area contributed by atoms with Gasteiger partial charge >= 0.3 is 6.09 Å². The van der Waals surface area contributed by atoms with Crippen molar-refractivity contribution in [3.05, 3.63) is 87.6 Å². The highest BCUT2D eigenvalue weighted by Gasteiger charge is 2.41. The van der Waals surface area contributed by atoms with Gasteiger partial charge in [-0.3, -0.25) is 4.90 Å².